The topological polar surface area (TPSA) is 69.6 Å². The summed E-state index contributed by atoms with van der Waals surface area (Å²) >= 11 is 0. The Kier molecular flexibility index (Phi) is 4.22. The molecular formula is C13H22N2O3. The molecule has 18 heavy (non-hydrogen) atoms. The van der Waals surface area contributed by atoms with Crippen molar-refractivity contribution < 1.29 is 14.7 Å². The molecule has 2 fully saturated rings. The quantitative estimate of drug-likeness (QED) is 0.757. The van der Waals surface area contributed by atoms with Crippen LogP contribution in [0.5, 0.6) is 0 Å². The van der Waals surface area contributed by atoms with Crippen molar-refractivity contribution in [1.82, 2.24) is 10.2 Å². The van der Waals surface area contributed by atoms with Crippen molar-refractivity contribution >= 4 is 11.9 Å². The van der Waals surface area contributed by atoms with Gasteiger partial charge in [-0.2, -0.15) is 0 Å². The van der Waals surface area contributed by atoms with E-state index in [9.17, 15) is 9.59 Å². The number of hydrogen-bond acceptors (Lipinski definition) is 3. The molecule has 3 unspecified atom stereocenters. The second kappa shape index (κ2) is 5.69. The fourth-order valence-electron chi connectivity index (χ4n) is 2.63. The number of aliphatic carboxylic acids is 1. The van der Waals surface area contributed by atoms with Gasteiger partial charge in [-0.15, -0.1) is 0 Å². The largest absolute Gasteiger partial charge is 0.481 e. The SMILES string of the molecule is CC(CNC(=O)C1CC1C(=O)O)N1CCCCC1. The maximum atomic E-state index is 11.7. The fraction of sp³-hybridized carbons (Fsp3) is 0.846. The van der Waals surface area contributed by atoms with Gasteiger partial charge in [-0.1, -0.05) is 6.42 Å². The standard InChI is InChI=1S/C13H22N2O3/c1-9(15-5-3-2-4-6-15)8-14-12(16)10-7-11(10)13(17)18/h9-11H,2-8H2,1H3,(H,14,16)(H,17,18). The highest BCUT2D eigenvalue weighted by Gasteiger charge is 2.48. The summed E-state index contributed by atoms with van der Waals surface area (Å²) in [6.07, 6.45) is 4.28. The van der Waals surface area contributed by atoms with Crippen LogP contribution in [0, 0.1) is 11.8 Å². The molecule has 1 amide bonds. The summed E-state index contributed by atoms with van der Waals surface area (Å²) in [6, 6.07) is 0.344. The zero-order chi connectivity index (χ0) is 13.1. The summed E-state index contributed by atoms with van der Waals surface area (Å²) in [5, 5.41) is 11.6. The molecule has 2 rings (SSSR count). The molecule has 0 aromatic rings. The number of amides is 1. The minimum atomic E-state index is -0.848. The normalized spacial score (nSPS) is 29.6. The molecule has 5 heteroatoms. The highest BCUT2D eigenvalue weighted by atomic mass is 16.4. The molecule has 102 valence electrons. The van der Waals surface area contributed by atoms with Crippen LogP contribution in [-0.4, -0.2) is 47.6 Å². The summed E-state index contributed by atoms with van der Waals surface area (Å²) in [5.74, 6) is -1.68. The van der Waals surface area contributed by atoms with E-state index in [-0.39, 0.29) is 11.8 Å². The lowest BCUT2D eigenvalue weighted by atomic mass is 10.1. The second-order valence-electron chi connectivity index (χ2n) is 5.48. The third-order valence-corrected chi connectivity index (χ3v) is 4.03. The van der Waals surface area contributed by atoms with E-state index in [2.05, 4.69) is 17.1 Å². The van der Waals surface area contributed by atoms with Crippen LogP contribution < -0.4 is 5.32 Å². The molecule has 1 heterocycles. The highest BCUT2D eigenvalue weighted by molar-refractivity contribution is 5.89. The van der Waals surface area contributed by atoms with Crippen LogP contribution >= 0.6 is 0 Å². The van der Waals surface area contributed by atoms with E-state index in [1.165, 1.54) is 19.3 Å². The number of carbonyl (C=O) groups excluding carboxylic acids is 1. The van der Waals surface area contributed by atoms with Gasteiger partial charge in [0.05, 0.1) is 11.8 Å². The van der Waals surface area contributed by atoms with Crippen molar-refractivity contribution in [2.75, 3.05) is 19.6 Å². The third kappa shape index (κ3) is 3.22. The Morgan fingerprint density at radius 3 is 2.50 bits per heavy atom. The van der Waals surface area contributed by atoms with Crippen LogP contribution in [0.4, 0.5) is 0 Å². The van der Waals surface area contributed by atoms with Crippen LogP contribution in [0.15, 0.2) is 0 Å². The minimum absolute atomic E-state index is 0.0914. The summed E-state index contributed by atoms with van der Waals surface area (Å²) in [4.78, 5) is 24.8. The van der Waals surface area contributed by atoms with Gasteiger partial charge in [-0.3, -0.25) is 14.5 Å². The maximum Gasteiger partial charge on any atom is 0.307 e. The summed E-state index contributed by atoms with van der Waals surface area (Å²) < 4.78 is 0. The average Bonchev–Trinajstić information content (AvgIpc) is 3.17. The van der Waals surface area contributed by atoms with Crippen LogP contribution in [-0.2, 0) is 9.59 Å². The van der Waals surface area contributed by atoms with Gasteiger partial charge in [0.25, 0.3) is 0 Å². The third-order valence-electron chi connectivity index (χ3n) is 4.03. The Hall–Kier alpha value is -1.10. The molecule has 2 aliphatic rings. The Bertz CT molecular complexity index is 326. The number of nitrogens with zero attached hydrogens (tertiary/aromatic N) is 1. The van der Waals surface area contributed by atoms with Crippen molar-refractivity contribution in [2.45, 2.75) is 38.6 Å². The van der Waals surface area contributed by atoms with Crippen molar-refractivity contribution in [3.63, 3.8) is 0 Å². The summed E-state index contributed by atoms with van der Waals surface area (Å²) in [5.41, 5.74) is 0. The Morgan fingerprint density at radius 2 is 1.94 bits per heavy atom. The van der Waals surface area contributed by atoms with Crippen molar-refractivity contribution in [1.29, 1.82) is 0 Å². The molecule has 0 aromatic heterocycles. The predicted octanol–water partition coefficient (Wildman–Crippen LogP) is 0.698. The molecule has 0 bridgehead atoms. The molecule has 3 atom stereocenters. The number of nitrogens with one attached hydrogen (secondary N) is 1. The van der Waals surface area contributed by atoms with Crippen molar-refractivity contribution in [3.05, 3.63) is 0 Å². The Morgan fingerprint density at radius 1 is 1.28 bits per heavy atom. The molecule has 1 saturated heterocycles. The number of likely N-dealkylation sites (tertiary alicyclic amines) is 1. The van der Waals surface area contributed by atoms with E-state index in [4.69, 9.17) is 5.11 Å². The van der Waals surface area contributed by atoms with Crippen LogP contribution in [0.2, 0.25) is 0 Å². The molecule has 2 N–H and O–H groups in total. The van der Waals surface area contributed by atoms with E-state index in [0.29, 0.717) is 19.0 Å². The number of hydrogen-bond donors (Lipinski definition) is 2. The van der Waals surface area contributed by atoms with Crippen LogP contribution in [0.3, 0.4) is 0 Å². The van der Waals surface area contributed by atoms with Gasteiger partial charge in [0.2, 0.25) is 5.91 Å². The Labute approximate surface area is 108 Å². The highest BCUT2D eigenvalue weighted by Crippen LogP contribution is 2.38. The predicted molar refractivity (Wildman–Crippen MR) is 67.1 cm³/mol. The van der Waals surface area contributed by atoms with E-state index >= 15 is 0 Å². The maximum absolute atomic E-state index is 11.7. The van der Waals surface area contributed by atoms with E-state index in [1.807, 2.05) is 0 Å². The number of carbonyl (C=O) groups is 2. The fourth-order valence-corrected chi connectivity index (χ4v) is 2.63. The van der Waals surface area contributed by atoms with Crippen molar-refractivity contribution in [2.24, 2.45) is 11.8 Å². The monoisotopic (exact) mass is 254 g/mol. The second-order valence-corrected chi connectivity index (χ2v) is 5.48. The smallest absolute Gasteiger partial charge is 0.307 e. The van der Waals surface area contributed by atoms with Crippen LogP contribution in [0.1, 0.15) is 32.6 Å². The summed E-state index contributed by atoms with van der Waals surface area (Å²) in [6.45, 7) is 4.96. The lowest BCUT2D eigenvalue weighted by Gasteiger charge is -2.32. The van der Waals surface area contributed by atoms with Crippen LogP contribution in [0.25, 0.3) is 0 Å². The molecule has 5 nitrogen and oxygen atoms in total. The minimum Gasteiger partial charge on any atom is -0.481 e. The number of carboxylic acids is 1. The van der Waals surface area contributed by atoms with Gasteiger partial charge in [0, 0.05) is 12.6 Å². The Balaban J connectivity index is 1.68. The summed E-state index contributed by atoms with van der Waals surface area (Å²) in [7, 11) is 0. The zero-order valence-electron chi connectivity index (χ0n) is 10.9. The number of rotatable bonds is 5. The average molecular weight is 254 g/mol. The lowest BCUT2D eigenvalue weighted by molar-refractivity contribution is -0.140. The molecule has 0 radical (unpaired) electrons. The van der Waals surface area contributed by atoms with E-state index in [0.717, 1.165) is 13.1 Å². The zero-order valence-corrected chi connectivity index (χ0v) is 10.9. The number of carboxylic acid groups (broad SMARTS) is 1. The first-order valence-corrected chi connectivity index (χ1v) is 6.84. The molecule has 1 aliphatic carbocycles. The van der Waals surface area contributed by atoms with Gasteiger partial charge >= 0.3 is 5.97 Å². The first-order chi connectivity index (χ1) is 8.59. The molecule has 0 spiro atoms. The van der Waals surface area contributed by atoms with Crippen molar-refractivity contribution in [3.8, 4) is 0 Å². The molecule has 0 aromatic carbocycles. The lowest BCUT2D eigenvalue weighted by Crippen LogP contribution is -2.44. The molecule has 1 aliphatic heterocycles. The van der Waals surface area contributed by atoms with E-state index < -0.39 is 11.9 Å². The van der Waals surface area contributed by atoms with Gasteiger partial charge in [-0.05, 0) is 39.3 Å². The van der Waals surface area contributed by atoms with Gasteiger partial charge in [0.1, 0.15) is 0 Å². The van der Waals surface area contributed by atoms with Gasteiger partial charge < -0.3 is 10.4 Å². The molecular weight excluding hydrogens is 232 g/mol. The number of piperidine rings is 1. The first kappa shape index (κ1) is 13.3. The van der Waals surface area contributed by atoms with E-state index in [1.54, 1.807) is 0 Å². The van der Waals surface area contributed by atoms with Gasteiger partial charge in [-0.25, -0.2) is 0 Å². The molecule has 1 saturated carbocycles. The van der Waals surface area contributed by atoms with Gasteiger partial charge in [0.15, 0.2) is 0 Å². The first-order valence-electron chi connectivity index (χ1n) is 6.84.